The van der Waals surface area contributed by atoms with E-state index in [-0.39, 0.29) is 29.6 Å². The van der Waals surface area contributed by atoms with Gasteiger partial charge < -0.3 is 14.4 Å². The van der Waals surface area contributed by atoms with E-state index < -0.39 is 17.7 Å². The summed E-state index contributed by atoms with van der Waals surface area (Å²) in [5, 5.41) is 0. The van der Waals surface area contributed by atoms with Crippen LogP contribution in [0.5, 0.6) is 0 Å². The van der Waals surface area contributed by atoms with Gasteiger partial charge in [-0.15, -0.1) is 0 Å². The number of carbonyl (C=O) groups excluding carboxylic acids is 2. The monoisotopic (exact) mass is 387 g/mol. The van der Waals surface area contributed by atoms with E-state index in [1.807, 2.05) is 61.5 Å². The smallest absolute Gasteiger partial charge is 0.218 e. The first-order valence-corrected chi connectivity index (χ1v) is 10.1. The minimum absolute atomic E-state index is 0.0208. The van der Waals surface area contributed by atoms with Crippen molar-refractivity contribution in [3.63, 3.8) is 0 Å². The maximum atomic E-state index is 13.9. The van der Waals surface area contributed by atoms with E-state index in [4.69, 9.17) is 9.47 Å². The quantitative estimate of drug-likeness (QED) is 0.742. The van der Waals surface area contributed by atoms with Gasteiger partial charge in [0.2, 0.25) is 6.29 Å². The third kappa shape index (κ3) is 2.12. The minimum atomic E-state index is -0.809. The molecule has 4 aliphatic rings. The lowest BCUT2D eigenvalue weighted by atomic mass is 9.65. The number of benzene rings is 2. The van der Waals surface area contributed by atoms with Crippen molar-refractivity contribution in [2.45, 2.75) is 31.4 Å². The summed E-state index contributed by atoms with van der Waals surface area (Å²) in [4.78, 5) is 29.4. The lowest BCUT2D eigenvalue weighted by molar-refractivity contribution is -0.173. The molecule has 6 rings (SSSR count). The number of anilines is 1. The number of hydrogen-bond acceptors (Lipinski definition) is 5. The van der Waals surface area contributed by atoms with Gasteiger partial charge in [-0.2, -0.15) is 0 Å². The molecule has 4 heterocycles. The molecule has 0 spiro atoms. The summed E-state index contributed by atoms with van der Waals surface area (Å²) >= 11 is 0. The molecule has 29 heavy (non-hydrogen) atoms. The van der Waals surface area contributed by atoms with Crippen LogP contribution < -0.4 is 4.90 Å². The van der Waals surface area contributed by atoms with Gasteiger partial charge in [0.15, 0.2) is 11.6 Å². The van der Waals surface area contributed by atoms with Gasteiger partial charge in [0.1, 0.15) is 6.04 Å². The molecule has 0 aromatic heterocycles. The Hall–Kier alpha value is -2.76. The highest BCUT2D eigenvalue weighted by atomic mass is 16.7. The molecule has 0 unspecified atom stereocenters. The van der Waals surface area contributed by atoms with E-state index in [1.54, 1.807) is 0 Å². The summed E-state index contributed by atoms with van der Waals surface area (Å²) in [7, 11) is 0. The molecule has 2 bridgehead atoms. The third-order valence-electron chi connectivity index (χ3n) is 7.11. The maximum absolute atomic E-state index is 13.9. The van der Waals surface area contributed by atoms with Gasteiger partial charge in [-0.3, -0.25) is 9.59 Å². The number of carbonyl (C=O) groups is 2. The van der Waals surface area contributed by atoms with Gasteiger partial charge in [0.25, 0.3) is 0 Å². The number of hydrogen-bond donors (Lipinski definition) is 0. The molecule has 0 saturated carbocycles. The summed E-state index contributed by atoms with van der Waals surface area (Å²) in [6, 6.07) is 16.7. The molecule has 0 radical (unpaired) electrons. The van der Waals surface area contributed by atoms with E-state index in [0.717, 1.165) is 11.3 Å². The molecular formula is C24H21NO4. The average molecular weight is 387 g/mol. The second kappa shape index (κ2) is 5.88. The van der Waals surface area contributed by atoms with Crippen LogP contribution in [-0.2, 0) is 14.3 Å². The van der Waals surface area contributed by atoms with Gasteiger partial charge in [0, 0.05) is 16.7 Å². The third-order valence-corrected chi connectivity index (χ3v) is 7.11. The number of fused-ring (bicyclic) bond motifs is 8. The number of rotatable bonds is 2. The van der Waals surface area contributed by atoms with Crippen LogP contribution in [0, 0.1) is 11.3 Å². The number of para-hydroxylation sites is 1. The topological polar surface area (TPSA) is 55.8 Å². The van der Waals surface area contributed by atoms with Crippen molar-refractivity contribution in [3.8, 4) is 0 Å². The first kappa shape index (κ1) is 17.1. The van der Waals surface area contributed by atoms with E-state index in [1.165, 1.54) is 0 Å². The Morgan fingerprint density at radius 1 is 1.10 bits per heavy atom. The standard InChI is InChI=1S/C24H21NO4/c1-24-18-13-28-23(29-18)21(27)19(24)17-12-11-14-7-5-6-10-16(14)25(17)22(24)20(26)15-8-3-2-4-9-15/h2-12,17-19,22-23H,13H2,1H3/t17-,18-,19+,22-,23-,24+/m1/s1. The molecule has 0 aliphatic carbocycles. The van der Waals surface area contributed by atoms with Crippen molar-refractivity contribution in [3.05, 3.63) is 71.8 Å². The molecule has 5 heteroatoms. The largest absolute Gasteiger partial charge is 0.353 e. The zero-order valence-electron chi connectivity index (χ0n) is 16.0. The Balaban J connectivity index is 1.58. The summed E-state index contributed by atoms with van der Waals surface area (Å²) in [5.74, 6) is -0.382. The molecule has 0 N–H and O–H groups in total. The van der Waals surface area contributed by atoms with Crippen molar-refractivity contribution in [1.82, 2.24) is 0 Å². The minimum Gasteiger partial charge on any atom is -0.353 e. The Bertz CT molecular complexity index is 1050. The average Bonchev–Trinajstić information content (AvgIpc) is 3.33. The van der Waals surface area contributed by atoms with Gasteiger partial charge in [-0.25, -0.2) is 0 Å². The van der Waals surface area contributed by atoms with Crippen LogP contribution in [0.25, 0.3) is 6.08 Å². The fraction of sp³-hybridized carbons (Fsp3) is 0.333. The van der Waals surface area contributed by atoms with E-state index >= 15 is 0 Å². The molecule has 3 saturated heterocycles. The fourth-order valence-electron chi connectivity index (χ4n) is 5.78. The lowest BCUT2D eigenvalue weighted by Crippen LogP contribution is -2.56. The predicted molar refractivity (Wildman–Crippen MR) is 108 cm³/mol. The van der Waals surface area contributed by atoms with Crippen molar-refractivity contribution >= 4 is 23.3 Å². The molecule has 0 amide bonds. The van der Waals surface area contributed by atoms with Crippen LogP contribution in [0.3, 0.4) is 0 Å². The maximum Gasteiger partial charge on any atom is 0.218 e. The molecule has 6 atom stereocenters. The summed E-state index contributed by atoms with van der Waals surface area (Å²) in [5.41, 5.74) is 2.03. The summed E-state index contributed by atoms with van der Waals surface area (Å²) in [6.07, 6.45) is 3.04. The van der Waals surface area contributed by atoms with Crippen molar-refractivity contribution < 1.29 is 19.1 Å². The molecule has 2 aromatic carbocycles. The summed E-state index contributed by atoms with van der Waals surface area (Å²) < 4.78 is 11.6. The molecule has 3 fully saturated rings. The fourth-order valence-corrected chi connectivity index (χ4v) is 5.78. The zero-order valence-corrected chi connectivity index (χ0v) is 16.0. The Kier molecular flexibility index (Phi) is 3.47. The lowest BCUT2D eigenvalue weighted by Gasteiger charge is -2.42. The number of ether oxygens (including phenoxy) is 2. The van der Waals surface area contributed by atoms with Gasteiger partial charge in [-0.1, -0.05) is 67.6 Å². The Morgan fingerprint density at radius 2 is 1.86 bits per heavy atom. The number of nitrogens with zero attached hydrogens (tertiary/aromatic N) is 1. The molecule has 4 aliphatic heterocycles. The van der Waals surface area contributed by atoms with Crippen molar-refractivity contribution in [2.75, 3.05) is 11.5 Å². The first-order chi connectivity index (χ1) is 14.1. The highest BCUT2D eigenvalue weighted by molar-refractivity contribution is 6.06. The van der Waals surface area contributed by atoms with Crippen molar-refractivity contribution in [1.29, 1.82) is 0 Å². The Morgan fingerprint density at radius 3 is 2.69 bits per heavy atom. The van der Waals surface area contributed by atoms with E-state index in [0.29, 0.717) is 12.2 Å². The SMILES string of the molecule is C[C@@]12[C@H](C(=O)[C@@H]3OC[C@H]1O3)[C@H]1C=Cc3ccccc3N1[C@@H]2C(=O)c1ccccc1. The molecule has 5 nitrogen and oxygen atoms in total. The zero-order chi connectivity index (χ0) is 19.8. The van der Waals surface area contributed by atoms with Gasteiger partial charge >= 0.3 is 0 Å². The molecule has 2 aromatic rings. The van der Waals surface area contributed by atoms with Crippen LogP contribution in [0.1, 0.15) is 22.8 Å². The number of Topliss-reactive ketones (excluding diaryl/α,β-unsaturated/α-hetero) is 2. The Labute approximate surface area is 168 Å². The van der Waals surface area contributed by atoms with Gasteiger partial charge in [-0.05, 0) is 11.6 Å². The second-order valence-electron chi connectivity index (χ2n) is 8.48. The second-order valence-corrected chi connectivity index (χ2v) is 8.48. The normalized spacial score (nSPS) is 36.5. The van der Waals surface area contributed by atoms with Gasteiger partial charge in [0.05, 0.1) is 24.7 Å². The van der Waals surface area contributed by atoms with Crippen molar-refractivity contribution in [2.24, 2.45) is 11.3 Å². The van der Waals surface area contributed by atoms with E-state index in [2.05, 4.69) is 17.1 Å². The van der Waals surface area contributed by atoms with Crippen LogP contribution >= 0.6 is 0 Å². The van der Waals surface area contributed by atoms with Crippen LogP contribution in [0.4, 0.5) is 5.69 Å². The highest BCUT2D eigenvalue weighted by Crippen LogP contribution is 2.58. The molecular weight excluding hydrogens is 366 g/mol. The highest BCUT2D eigenvalue weighted by Gasteiger charge is 2.70. The van der Waals surface area contributed by atoms with E-state index in [9.17, 15) is 9.59 Å². The first-order valence-electron chi connectivity index (χ1n) is 10.1. The van der Waals surface area contributed by atoms with Crippen LogP contribution in [-0.4, -0.2) is 42.7 Å². The predicted octanol–water partition coefficient (Wildman–Crippen LogP) is 3.10. The number of ketones is 2. The van der Waals surface area contributed by atoms with Crippen LogP contribution in [0.2, 0.25) is 0 Å². The van der Waals surface area contributed by atoms with Crippen LogP contribution in [0.15, 0.2) is 60.7 Å². The summed E-state index contributed by atoms with van der Waals surface area (Å²) in [6.45, 7) is 2.37. The molecule has 146 valence electrons.